The molecule has 1 fully saturated rings. The van der Waals surface area contributed by atoms with Crippen molar-refractivity contribution in [2.45, 2.75) is 44.1 Å². The minimum atomic E-state index is 0.431. The lowest BCUT2D eigenvalue weighted by Gasteiger charge is -2.19. The number of nitrogens with zero attached hydrogens (tertiary/aromatic N) is 3. The molecule has 5 heteroatoms. The molecular formula is C19H25N3OS. The summed E-state index contributed by atoms with van der Waals surface area (Å²) < 4.78 is 7.75. The second-order valence-corrected chi connectivity index (χ2v) is 7.78. The molecule has 24 heavy (non-hydrogen) atoms. The van der Waals surface area contributed by atoms with Gasteiger partial charge in [-0.2, -0.15) is 16.9 Å². The van der Waals surface area contributed by atoms with Crippen LogP contribution in [-0.2, 0) is 24.0 Å². The second kappa shape index (κ2) is 7.28. The highest BCUT2D eigenvalue weighted by molar-refractivity contribution is 7.98. The van der Waals surface area contributed by atoms with E-state index >= 15 is 0 Å². The molecule has 0 unspecified atom stereocenters. The van der Waals surface area contributed by atoms with Crippen LogP contribution in [0.3, 0.4) is 0 Å². The van der Waals surface area contributed by atoms with E-state index in [1.165, 1.54) is 17.0 Å². The lowest BCUT2D eigenvalue weighted by molar-refractivity contribution is 0.0835. The van der Waals surface area contributed by atoms with E-state index in [0.29, 0.717) is 12.0 Å². The predicted molar refractivity (Wildman–Crippen MR) is 97.8 cm³/mol. The molecule has 0 amide bonds. The molecule has 0 spiro atoms. The number of ether oxygens (including phenoxy) is 1. The van der Waals surface area contributed by atoms with Gasteiger partial charge in [0.15, 0.2) is 5.82 Å². The molecule has 0 saturated carbocycles. The van der Waals surface area contributed by atoms with Crippen LogP contribution >= 0.6 is 11.8 Å². The molecular weight excluding hydrogens is 318 g/mol. The normalized spacial score (nSPS) is 18.9. The van der Waals surface area contributed by atoms with Gasteiger partial charge < -0.3 is 4.74 Å². The summed E-state index contributed by atoms with van der Waals surface area (Å²) in [6.07, 6.45) is 7.43. The standard InChI is InChI=1S/C19H25N3OS/c1-24-11-8-18-20-19(14-6-9-23-10-7-14)21-22(18)17-12-15-4-2-3-5-16(15)13-17/h2-5,14,17H,6-13H2,1H3. The molecule has 4 nitrogen and oxygen atoms in total. The fraction of sp³-hybridized carbons (Fsp3) is 0.579. The van der Waals surface area contributed by atoms with Gasteiger partial charge >= 0.3 is 0 Å². The van der Waals surface area contributed by atoms with Gasteiger partial charge in [0, 0.05) is 31.3 Å². The van der Waals surface area contributed by atoms with Crippen LogP contribution in [-0.4, -0.2) is 40.0 Å². The van der Waals surface area contributed by atoms with E-state index in [2.05, 4.69) is 35.2 Å². The van der Waals surface area contributed by atoms with Crippen LogP contribution in [0.15, 0.2) is 24.3 Å². The predicted octanol–water partition coefficient (Wildman–Crippen LogP) is 3.42. The van der Waals surface area contributed by atoms with Crippen molar-refractivity contribution in [3.63, 3.8) is 0 Å². The van der Waals surface area contributed by atoms with Crippen molar-refractivity contribution < 1.29 is 4.74 Å². The summed E-state index contributed by atoms with van der Waals surface area (Å²) in [5.74, 6) is 3.79. The van der Waals surface area contributed by atoms with Gasteiger partial charge in [0.2, 0.25) is 0 Å². The van der Waals surface area contributed by atoms with E-state index in [-0.39, 0.29) is 0 Å². The zero-order chi connectivity index (χ0) is 16.4. The van der Waals surface area contributed by atoms with Crippen molar-refractivity contribution in [3.05, 3.63) is 47.0 Å². The van der Waals surface area contributed by atoms with E-state index < -0.39 is 0 Å². The monoisotopic (exact) mass is 343 g/mol. The van der Waals surface area contributed by atoms with Crippen LogP contribution in [0.5, 0.6) is 0 Å². The van der Waals surface area contributed by atoms with Gasteiger partial charge in [-0.3, -0.25) is 0 Å². The molecule has 1 aromatic carbocycles. The fourth-order valence-electron chi connectivity index (χ4n) is 3.87. The van der Waals surface area contributed by atoms with Gasteiger partial charge in [-0.1, -0.05) is 24.3 Å². The zero-order valence-corrected chi connectivity index (χ0v) is 15.1. The molecule has 2 aromatic rings. The van der Waals surface area contributed by atoms with E-state index in [9.17, 15) is 0 Å². The number of aryl methyl sites for hydroxylation is 1. The Morgan fingerprint density at radius 3 is 2.54 bits per heavy atom. The lowest BCUT2D eigenvalue weighted by atomic mass is 10.00. The number of aromatic nitrogens is 3. The fourth-order valence-corrected chi connectivity index (χ4v) is 4.25. The number of hydrogen-bond acceptors (Lipinski definition) is 4. The van der Waals surface area contributed by atoms with Gasteiger partial charge in [0.25, 0.3) is 0 Å². The maximum Gasteiger partial charge on any atom is 0.154 e. The van der Waals surface area contributed by atoms with E-state index in [0.717, 1.165) is 56.9 Å². The molecule has 1 aromatic heterocycles. The summed E-state index contributed by atoms with van der Waals surface area (Å²) in [5, 5.41) is 4.99. The highest BCUT2D eigenvalue weighted by atomic mass is 32.2. The van der Waals surface area contributed by atoms with Crippen LogP contribution in [0, 0.1) is 0 Å². The maximum atomic E-state index is 5.50. The van der Waals surface area contributed by atoms with Gasteiger partial charge in [0.1, 0.15) is 5.82 Å². The van der Waals surface area contributed by atoms with Crippen LogP contribution < -0.4 is 0 Å². The first-order valence-corrected chi connectivity index (χ1v) is 10.3. The number of rotatable bonds is 5. The van der Waals surface area contributed by atoms with Crippen LogP contribution in [0.2, 0.25) is 0 Å². The Labute approximate surface area is 148 Å². The van der Waals surface area contributed by atoms with Gasteiger partial charge in [-0.05, 0) is 43.1 Å². The zero-order valence-electron chi connectivity index (χ0n) is 14.3. The molecule has 128 valence electrons. The van der Waals surface area contributed by atoms with Crippen molar-refractivity contribution in [3.8, 4) is 0 Å². The van der Waals surface area contributed by atoms with Crippen molar-refractivity contribution >= 4 is 11.8 Å². The summed E-state index contributed by atoms with van der Waals surface area (Å²) in [6.45, 7) is 1.68. The third-order valence-corrected chi connectivity index (χ3v) is 5.82. The Kier molecular flexibility index (Phi) is 4.90. The average molecular weight is 343 g/mol. The first-order chi connectivity index (χ1) is 11.8. The minimum Gasteiger partial charge on any atom is -0.381 e. The Hall–Kier alpha value is -1.33. The summed E-state index contributed by atoms with van der Waals surface area (Å²) in [6, 6.07) is 9.23. The lowest BCUT2D eigenvalue weighted by Crippen LogP contribution is -2.17. The number of fused-ring (bicyclic) bond motifs is 1. The summed E-state index contributed by atoms with van der Waals surface area (Å²) in [5.41, 5.74) is 2.95. The molecule has 0 radical (unpaired) electrons. The Bertz CT molecular complexity index is 669. The highest BCUT2D eigenvalue weighted by Gasteiger charge is 2.28. The van der Waals surface area contributed by atoms with E-state index in [4.69, 9.17) is 14.8 Å². The molecule has 0 atom stereocenters. The van der Waals surface area contributed by atoms with Crippen LogP contribution in [0.25, 0.3) is 0 Å². The number of benzene rings is 1. The van der Waals surface area contributed by atoms with Crippen LogP contribution in [0.1, 0.15) is 47.6 Å². The van der Waals surface area contributed by atoms with Gasteiger partial charge in [-0.25, -0.2) is 9.67 Å². The molecule has 0 N–H and O–H groups in total. The Balaban J connectivity index is 1.60. The van der Waals surface area contributed by atoms with Gasteiger partial charge in [0.05, 0.1) is 6.04 Å². The second-order valence-electron chi connectivity index (χ2n) is 6.79. The Morgan fingerprint density at radius 2 is 1.88 bits per heavy atom. The SMILES string of the molecule is CSCCc1nc(C2CCOCC2)nn1C1Cc2ccccc2C1. The molecule has 1 saturated heterocycles. The van der Waals surface area contributed by atoms with Crippen molar-refractivity contribution in [2.24, 2.45) is 0 Å². The molecule has 0 bridgehead atoms. The smallest absolute Gasteiger partial charge is 0.154 e. The third-order valence-electron chi connectivity index (χ3n) is 5.21. The summed E-state index contributed by atoms with van der Waals surface area (Å²) in [4.78, 5) is 4.96. The van der Waals surface area contributed by atoms with Crippen molar-refractivity contribution in [1.29, 1.82) is 0 Å². The highest BCUT2D eigenvalue weighted by Crippen LogP contribution is 2.32. The van der Waals surface area contributed by atoms with Gasteiger partial charge in [-0.15, -0.1) is 0 Å². The van der Waals surface area contributed by atoms with Crippen molar-refractivity contribution in [2.75, 3.05) is 25.2 Å². The van der Waals surface area contributed by atoms with E-state index in [1.807, 2.05) is 11.8 Å². The third kappa shape index (κ3) is 3.24. The largest absolute Gasteiger partial charge is 0.381 e. The van der Waals surface area contributed by atoms with Crippen LogP contribution in [0.4, 0.5) is 0 Å². The average Bonchev–Trinajstić information content (AvgIpc) is 3.24. The maximum absolute atomic E-state index is 5.50. The molecule has 1 aliphatic heterocycles. The summed E-state index contributed by atoms with van der Waals surface area (Å²) >= 11 is 1.88. The molecule has 1 aliphatic carbocycles. The quantitative estimate of drug-likeness (QED) is 0.834. The first kappa shape index (κ1) is 16.2. The molecule has 4 rings (SSSR count). The topological polar surface area (TPSA) is 39.9 Å². The summed E-state index contributed by atoms with van der Waals surface area (Å²) in [7, 11) is 0. The minimum absolute atomic E-state index is 0.431. The molecule has 2 heterocycles. The first-order valence-electron chi connectivity index (χ1n) is 8.94. The number of hydrogen-bond donors (Lipinski definition) is 0. The Morgan fingerprint density at radius 1 is 1.17 bits per heavy atom. The van der Waals surface area contributed by atoms with Crippen molar-refractivity contribution in [1.82, 2.24) is 14.8 Å². The number of thioether (sulfide) groups is 1. The van der Waals surface area contributed by atoms with E-state index in [1.54, 1.807) is 0 Å². The molecule has 2 aliphatic rings.